The van der Waals surface area contributed by atoms with Crippen LogP contribution >= 0.6 is 12.2 Å². The Labute approximate surface area is 117 Å². The van der Waals surface area contributed by atoms with E-state index < -0.39 is 0 Å². The molecule has 0 saturated carbocycles. The zero-order valence-electron chi connectivity index (χ0n) is 11.2. The van der Waals surface area contributed by atoms with Gasteiger partial charge in [0.05, 0.1) is 18.9 Å². The Morgan fingerprint density at radius 2 is 2.05 bits per heavy atom. The number of pyridine rings is 1. The molecule has 2 atom stereocenters. The maximum atomic E-state index is 5.74. The molecule has 0 bridgehead atoms. The van der Waals surface area contributed by atoms with E-state index >= 15 is 0 Å². The summed E-state index contributed by atoms with van der Waals surface area (Å²) in [7, 11) is 0. The minimum Gasteiger partial charge on any atom is -0.373 e. The van der Waals surface area contributed by atoms with Crippen molar-refractivity contribution in [2.75, 3.05) is 13.1 Å². The molecule has 0 N–H and O–H groups in total. The molecule has 2 aromatic heterocycles. The van der Waals surface area contributed by atoms with E-state index in [1.807, 2.05) is 33.5 Å². The summed E-state index contributed by atoms with van der Waals surface area (Å²) >= 11 is 5.46. The van der Waals surface area contributed by atoms with Gasteiger partial charge >= 0.3 is 0 Å². The van der Waals surface area contributed by atoms with Gasteiger partial charge in [-0.2, -0.15) is 5.10 Å². The van der Waals surface area contributed by atoms with Crippen molar-refractivity contribution in [3.8, 4) is 0 Å². The molecule has 0 spiro atoms. The third-order valence-electron chi connectivity index (χ3n) is 3.32. The number of fused-ring (bicyclic) bond motifs is 1. The maximum absolute atomic E-state index is 5.74. The fourth-order valence-electron chi connectivity index (χ4n) is 2.65. The van der Waals surface area contributed by atoms with Crippen LogP contribution in [0.2, 0.25) is 0 Å². The van der Waals surface area contributed by atoms with E-state index in [2.05, 4.69) is 23.8 Å². The van der Waals surface area contributed by atoms with Crippen molar-refractivity contribution in [2.45, 2.75) is 32.7 Å². The first kappa shape index (κ1) is 12.8. The normalized spacial score (nSPS) is 24.9. The summed E-state index contributed by atoms with van der Waals surface area (Å²) in [6.45, 7) is 6.76. The molecule has 1 saturated heterocycles. The largest absolute Gasteiger partial charge is 0.373 e. The molecule has 3 heterocycles. The van der Waals surface area contributed by atoms with Gasteiger partial charge in [0, 0.05) is 19.3 Å². The average Bonchev–Trinajstić information content (AvgIpc) is 2.66. The van der Waals surface area contributed by atoms with Gasteiger partial charge in [0.2, 0.25) is 4.77 Å². The van der Waals surface area contributed by atoms with Crippen molar-refractivity contribution in [2.24, 2.45) is 0 Å². The lowest BCUT2D eigenvalue weighted by molar-refractivity contribution is -0.0776. The molecule has 6 heteroatoms. The van der Waals surface area contributed by atoms with Crippen LogP contribution in [0.4, 0.5) is 0 Å². The molecule has 2 aromatic rings. The number of hydrogen-bond acceptors (Lipinski definition) is 4. The summed E-state index contributed by atoms with van der Waals surface area (Å²) < 4.78 is 10.3. The number of aromatic nitrogens is 3. The van der Waals surface area contributed by atoms with Crippen molar-refractivity contribution in [3.63, 3.8) is 0 Å². The van der Waals surface area contributed by atoms with Crippen LogP contribution in [0, 0.1) is 4.77 Å². The standard InChI is InChI=1S/C13H18N4OS/c1-10-7-15(8-11(2)18-10)9-17-13(19)16-6-4-3-5-12(16)14-17/h3-6,10-11H,7-9H2,1-2H3/t10-,11+. The third kappa shape index (κ3) is 2.56. The van der Waals surface area contributed by atoms with Crippen molar-refractivity contribution in [1.29, 1.82) is 0 Å². The van der Waals surface area contributed by atoms with E-state index in [9.17, 15) is 0 Å². The monoisotopic (exact) mass is 278 g/mol. The molecule has 1 fully saturated rings. The van der Waals surface area contributed by atoms with Gasteiger partial charge in [-0.05, 0) is 38.2 Å². The van der Waals surface area contributed by atoms with Crippen LogP contribution in [0.15, 0.2) is 24.4 Å². The molecule has 0 radical (unpaired) electrons. The van der Waals surface area contributed by atoms with Gasteiger partial charge in [-0.25, -0.2) is 4.68 Å². The summed E-state index contributed by atoms with van der Waals surface area (Å²) in [5.41, 5.74) is 0.891. The van der Waals surface area contributed by atoms with Crippen molar-refractivity contribution < 1.29 is 4.74 Å². The quantitative estimate of drug-likeness (QED) is 0.786. The van der Waals surface area contributed by atoms with E-state index in [0.29, 0.717) is 0 Å². The van der Waals surface area contributed by atoms with Crippen LogP contribution < -0.4 is 0 Å². The fourth-order valence-corrected chi connectivity index (χ4v) is 2.90. The highest BCUT2D eigenvalue weighted by Gasteiger charge is 2.22. The lowest BCUT2D eigenvalue weighted by Crippen LogP contribution is -2.46. The first-order valence-electron chi connectivity index (χ1n) is 6.55. The number of ether oxygens (including phenoxy) is 1. The average molecular weight is 278 g/mol. The molecule has 0 aliphatic carbocycles. The number of rotatable bonds is 2. The lowest BCUT2D eigenvalue weighted by atomic mass is 10.2. The zero-order valence-corrected chi connectivity index (χ0v) is 12.0. The van der Waals surface area contributed by atoms with E-state index in [1.54, 1.807) is 0 Å². The van der Waals surface area contributed by atoms with Gasteiger partial charge in [0.25, 0.3) is 0 Å². The van der Waals surface area contributed by atoms with Gasteiger partial charge in [0.1, 0.15) is 0 Å². The second-order valence-electron chi connectivity index (χ2n) is 5.15. The molecule has 0 amide bonds. The second-order valence-corrected chi connectivity index (χ2v) is 5.51. The van der Waals surface area contributed by atoms with Crippen molar-refractivity contribution >= 4 is 17.9 Å². The minimum atomic E-state index is 0.259. The third-order valence-corrected chi connectivity index (χ3v) is 3.73. The Balaban J connectivity index is 1.85. The van der Waals surface area contributed by atoms with Crippen LogP contribution in [-0.4, -0.2) is 44.4 Å². The van der Waals surface area contributed by atoms with Crippen LogP contribution in [0.5, 0.6) is 0 Å². The molecule has 0 unspecified atom stereocenters. The highest BCUT2D eigenvalue weighted by molar-refractivity contribution is 7.71. The van der Waals surface area contributed by atoms with Crippen molar-refractivity contribution in [1.82, 2.24) is 19.1 Å². The molecule has 5 nitrogen and oxygen atoms in total. The summed E-state index contributed by atoms with van der Waals surface area (Å²) in [6, 6.07) is 5.91. The predicted octanol–water partition coefficient (Wildman–Crippen LogP) is 1.93. The molecular weight excluding hydrogens is 260 g/mol. The molecule has 19 heavy (non-hydrogen) atoms. The Morgan fingerprint density at radius 1 is 1.32 bits per heavy atom. The van der Waals surface area contributed by atoms with E-state index in [1.165, 1.54) is 0 Å². The highest BCUT2D eigenvalue weighted by atomic mass is 32.1. The molecule has 1 aliphatic rings. The Kier molecular flexibility index (Phi) is 3.38. The van der Waals surface area contributed by atoms with Crippen LogP contribution in [0.3, 0.4) is 0 Å². The van der Waals surface area contributed by atoms with Gasteiger partial charge in [-0.3, -0.25) is 9.30 Å². The topological polar surface area (TPSA) is 34.7 Å². The van der Waals surface area contributed by atoms with Crippen LogP contribution in [0.25, 0.3) is 5.65 Å². The maximum Gasteiger partial charge on any atom is 0.203 e. The van der Waals surface area contributed by atoms with Crippen LogP contribution in [-0.2, 0) is 11.4 Å². The van der Waals surface area contributed by atoms with Crippen molar-refractivity contribution in [3.05, 3.63) is 29.2 Å². The number of hydrogen-bond donors (Lipinski definition) is 0. The lowest BCUT2D eigenvalue weighted by Gasteiger charge is -2.34. The van der Waals surface area contributed by atoms with Gasteiger partial charge in [-0.15, -0.1) is 0 Å². The first-order valence-corrected chi connectivity index (χ1v) is 6.96. The van der Waals surface area contributed by atoms with Gasteiger partial charge in [-0.1, -0.05) is 6.07 Å². The smallest absolute Gasteiger partial charge is 0.203 e. The number of nitrogens with zero attached hydrogens (tertiary/aromatic N) is 4. The highest BCUT2D eigenvalue weighted by Crippen LogP contribution is 2.12. The summed E-state index contributed by atoms with van der Waals surface area (Å²) in [5, 5.41) is 4.55. The number of morpholine rings is 1. The molecular formula is C13H18N4OS. The molecule has 1 aliphatic heterocycles. The minimum absolute atomic E-state index is 0.259. The fraction of sp³-hybridized carbons (Fsp3) is 0.538. The second kappa shape index (κ2) is 5.03. The Bertz CT molecular complexity index is 625. The van der Waals surface area contributed by atoms with E-state index in [-0.39, 0.29) is 12.2 Å². The SMILES string of the molecule is C[C@@H]1CN(Cn2nc3ccccn3c2=S)C[C@H](C)O1. The Hall–Kier alpha value is -1.24. The molecule has 0 aromatic carbocycles. The van der Waals surface area contributed by atoms with Gasteiger partial charge in [0.15, 0.2) is 5.65 Å². The van der Waals surface area contributed by atoms with Gasteiger partial charge < -0.3 is 4.74 Å². The van der Waals surface area contributed by atoms with E-state index in [0.717, 1.165) is 30.2 Å². The Morgan fingerprint density at radius 3 is 2.74 bits per heavy atom. The molecule has 3 rings (SSSR count). The first-order chi connectivity index (χ1) is 9.13. The van der Waals surface area contributed by atoms with Crippen LogP contribution in [0.1, 0.15) is 13.8 Å². The zero-order chi connectivity index (χ0) is 13.4. The summed E-state index contributed by atoms with van der Waals surface area (Å²) in [4.78, 5) is 2.33. The predicted molar refractivity (Wildman–Crippen MR) is 75.6 cm³/mol. The molecule has 102 valence electrons. The summed E-state index contributed by atoms with van der Waals surface area (Å²) in [5.74, 6) is 0. The van der Waals surface area contributed by atoms with E-state index in [4.69, 9.17) is 17.0 Å². The summed E-state index contributed by atoms with van der Waals surface area (Å²) in [6.07, 6.45) is 2.47.